The van der Waals surface area contributed by atoms with Gasteiger partial charge in [-0.3, -0.25) is 4.79 Å². The first-order valence-corrected chi connectivity index (χ1v) is 3.55. The van der Waals surface area contributed by atoms with Crippen LogP contribution in [0.1, 0.15) is 5.56 Å². The van der Waals surface area contributed by atoms with Gasteiger partial charge < -0.3 is 11.1 Å². The Balaban J connectivity index is 2.92. The lowest BCUT2D eigenvalue weighted by Gasteiger charge is -2.03. The number of nitrogens with two attached hydrogens (primary N) is 1. The molecule has 0 unspecified atom stereocenters. The number of benzene rings is 1. The second-order valence-corrected chi connectivity index (χ2v) is 2.47. The van der Waals surface area contributed by atoms with Gasteiger partial charge in [-0.2, -0.15) is 0 Å². The maximum atomic E-state index is 12.8. The maximum Gasteiger partial charge on any atom is 0.207 e. The fourth-order valence-electron chi connectivity index (χ4n) is 0.898. The fraction of sp³-hybridized carbons (Fsp3) is 0.125. The van der Waals surface area contributed by atoms with Crippen molar-refractivity contribution in [3.05, 3.63) is 29.3 Å². The van der Waals surface area contributed by atoms with Crippen LogP contribution in [0.3, 0.4) is 0 Å². The molecule has 1 rings (SSSR count). The van der Waals surface area contributed by atoms with Crippen LogP contribution >= 0.6 is 0 Å². The lowest BCUT2D eigenvalue weighted by Crippen LogP contribution is -2.10. The Morgan fingerprint density at radius 1 is 1.38 bits per heavy atom. The zero-order chi connectivity index (χ0) is 9.84. The number of carbonyl (C=O) groups is 1. The summed E-state index contributed by atoms with van der Waals surface area (Å²) in [6, 6.07) is 2.16. The van der Waals surface area contributed by atoms with Crippen molar-refractivity contribution in [2.75, 3.05) is 5.73 Å². The van der Waals surface area contributed by atoms with Crippen LogP contribution in [0.15, 0.2) is 12.1 Å². The van der Waals surface area contributed by atoms with E-state index in [9.17, 15) is 13.6 Å². The van der Waals surface area contributed by atoms with Crippen molar-refractivity contribution in [3.8, 4) is 0 Å². The van der Waals surface area contributed by atoms with Gasteiger partial charge in [0.15, 0.2) is 0 Å². The van der Waals surface area contributed by atoms with E-state index in [4.69, 9.17) is 5.73 Å². The van der Waals surface area contributed by atoms with Crippen molar-refractivity contribution in [1.82, 2.24) is 5.32 Å². The predicted octanol–water partition coefficient (Wildman–Crippen LogP) is 0.793. The Kier molecular flexibility index (Phi) is 2.79. The number of nitrogen functional groups attached to an aromatic ring is 1. The number of amides is 1. The third-order valence-corrected chi connectivity index (χ3v) is 1.53. The average molecular weight is 186 g/mol. The highest BCUT2D eigenvalue weighted by Gasteiger charge is 2.06. The molecular weight excluding hydrogens is 178 g/mol. The molecule has 3 N–H and O–H groups in total. The van der Waals surface area contributed by atoms with Crippen LogP contribution in [0.5, 0.6) is 0 Å². The Labute approximate surface area is 73.5 Å². The summed E-state index contributed by atoms with van der Waals surface area (Å²) in [4.78, 5) is 9.89. The number of halogens is 2. The molecule has 0 atom stereocenters. The zero-order valence-electron chi connectivity index (χ0n) is 6.68. The van der Waals surface area contributed by atoms with Crippen LogP contribution in [-0.2, 0) is 11.3 Å². The van der Waals surface area contributed by atoms with Crippen LogP contribution in [0.2, 0.25) is 0 Å². The maximum absolute atomic E-state index is 12.8. The standard InChI is InChI=1S/C8H8F2N2O/c9-6-1-5(3-12-4-13)2-7(10)8(6)11/h1-2,4H,3,11H2,(H,12,13). The fourth-order valence-corrected chi connectivity index (χ4v) is 0.898. The molecule has 0 saturated carbocycles. The number of anilines is 1. The van der Waals surface area contributed by atoms with Gasteiger partial charge in [-0.1, -0.05) is 0 Å². The Hall–Kier alpha value is -1.65. The van der Waals surface area contributed by atoms with Gasteiger partial charge in [0.25, 0.3) is 0 Å². The summed E-state index contributed by atoms with van der Waals surface area (Å²) in [5.41, 5.74) is 4.86. The van der Waals surface area contributed by atoms with Gasteiger partial charge in [-0.05, 0) is 17.7 Å². The number of hydrogen-bond acceptors (Lipinski definition) is 2. The highest BCUT2D eigenvalue weighted by Crippen LogP contribution is 2.16. The molecule has 0 bridgehead atoms. The van der Waals surface area contributed by atoms with Crippen molar-refractivity contribution >= 4 is 12.1 Å². The van der Waals surface area contributed by atoms with Gasteiger partial charge >= 0.3 is 0 Å². The molecule has 0 saturated heterocycles. The second-order valence-electron chi connectivity index (χ2n) is 2.47. The Morgan fingerprint density at radius 2 is 1.92 bits per heavy atom. The molecule has 0 aromatic heterocycles. The van der Waals surface area contributed by atoms with Gasteiger partial charge in [0.2, 0.25) is 6.41 Å². The van der Waals surface area contributed by atoms with E-state index in [2.05, 4.69) is 5.32 Å². The molecule has 0 aliphatic carbocycles. The Morgan fingerprint density at radius 3 is 2.38 bits per heavy atom. The largest absolute Gasteiger partial charge is 0.394 e. The van der Waals surface area contributed by atoms with Gasteiger partial charge in [0.05, 0.1) is 0 Å². The lowest BCUT2D eigenvalue weighted by molar-refractivity contribution is -0.109. The van der Waals surface area contributed by atoms with E-state index >= 15 is 0 Å². The van der Waals surface area contributed by atoms with Crippen LogP contribution in [0.25, 0.3) is 0 Å². The smallest absolute Gasteiger partial charge is 0.207 e. The molecule has 0 fully saturated rings. The molecule has 1 amide bonds. The van der Waals surface area contributed by atoms with Crippen molar-refractivity contribution in [3.63, 3.8) is 0 Å². The van der Waals surface area contributed by atoms with E-state index in [1.54, 1.807) is 0 Å². The van der Waals surface area contributed by atoms with Gasteiger partial charge in [0.1, 0.15) is 17.3 Å². The van der Waals surface area contributed by atoms with Gasteiger partial charge in [-0.15, -0.1) is 0 Å². The third kappa shape index (κ3) is 2.14. The molecule has 13 heavy (non-hydrogen) atoms. The predicted molar refractivity (Wildman–Crippen MR) is 43.7 cm³/mol. The van der Waals surface area contributed by atoms with E-state index in [1.807, 2.05) is 0 Å². The van der Waals surface area contributed by atoms with E-state index in [-0.39, 0.29) is 6.54 Å². The lowest BCUT2D eigenvalue weighted by atomic mass is 10.2. The minimum Gasteiger partial charge on any atom is -0.394 e. The zero-order valence-corrected chi connectivity index (χ0v) is 6.68. The van der Waals surface area contributed by atoms with Crippen LogP contribution < -0.4 is 11.1 Å². The van der Waals surface area contributed by atoms with E-state index in [1.165, 1.54) is 0 Å². The monoisotopic (exact) mass is 186 g/mol. The van der Waals surface area contributed by atoms with E-state index in [0.29, 0.717) is 12.0 Å². The van der Waals surface area contributed by atoms with Crippen molar-refractivity contribution in [1.29, 1.82) is 0 Å². The molecule has 0 aliphatic heterocycles. The number of nitrogens with one attached hydrogen (secondary N) is 1. The van der Waals surface area contributed by atoms with E-state index in [0.717, 1.165) is 12.1 Å². The summed E-state index contributed by atoms with van der Waals surface area (Å²) in [6.45, 7) is 0.0810. The van der Waals surface area contributed by atoms with E-state index < -0.39 is 17.3 Å². The SMILES string of the molecule is Nc1c(F)cc(CNC=O)cc1F. The first-order chi connectivity index (χ1) is 6.15. The third-order valence-electron chi connectivity index (χ3n) is 1.53. The van der Waals surface area contributed by atoms with Crippen LogP contribution in [0.4, 0.5) is 14.5 Å². The van der Waals surface area contributed by atoms with Crippen LogP contribution in [0, 0.1) is 11.6 Å². The first kappa shape index (κ1) is 9.44. The molecule has 0 heterocycles. The quantitative estimate of drug-likeness (QED) is 0.541. The highest BCUT2D eigenvalue weighted by atomic mass is 19.1. The normalized spacial score (nSPS) is 9.69. The molecular formula is C8H8F2N2O. The summed E-state index contributed by atoms with van der Waals surface area (Å²) in [7, 11) is 0. The summed E-state index contributed by atoms with van der Waals surface area (Å²) in [5, 5.41) is 2.28. The topological polar surface area (TPSA) is 55.1 Å². The minimum atomic E-state index is -0.817. The molecule has 3 nitrogen and oxygen atoms in total. The summed E-state index contributed by atoms with van der Waals surface area (Å²) >= 11 is 0. The minimum absolute atomic E-state index is 0.0810. The van der Waals surface area contributed by atoms with Gasteiger partial charge in [-0.25, -0.2) is 8.78 Å². The molecule has 0 radical (unpaired) electrons. The molecule has 1 aromatic rings. The number of carbonyl (C=O) groups excluding carboxylic acids is 1. The van der Waals surface area contributed by atoms with Crippen molar-refractivity contribution in [2.24, 2.45) is 0 Å². The number of hydrogen-bond donors (Lipinski definition) is 2. The average Bonchev–Trinajstić information content (AvgIpc) is 2.10. The van der Waals surface area contributed by atoms with Gasteiger partial charge in [0, 0.05) is 6.54 Å². The molecule has 5 heteroatoms. The van der Waals surface area contributed by atoms with Crippen molar-refractivity contribution < 1.29 is 13.6 Å². The highest BCUT2D eigenvalue weighted by molar-refractivity contribution is 5.47. The first-order valence-electron chi connectivity index (χ1n) is 3.55. The molecule has 0 spiro atoms. The molecule has 70 valence electrons. The summed E-state index contributed by atoms with van der Waals surface area (Å²) < 4.78 is 25.6. The van der Waals surface area contributed by atoms with Crippen LogP contribution in [-0.4, -0.2) is 6.41 Å². The number of rotatable bonds is 3. The summed E-state index contributed by atoms with van der Waals surface area (Å²) in [6.07, 6.45) is 0.451. The second kappa shape index (κ2) is 3.84. The Bertz CT molecular complexity index is 305. The molecule has 0 aliphatic rings. The summed E-state index contributed by atoms with van der Waals surface area (Å²) in [5.74, 6) is -1.63. The van der Waals surface area contributed by atoms with Crippen molar-refractivity contribution in [2.45, 2.75) is 6.54 Å². The molecule has 1 aromatic carbocycles.